The number of anilines is 1. The molecule has 0 radical (unpaired) electrons. The second kappa shape index (κ2) is 7.52. The van der Waals surface area contributed by atoms with Crippen molar-refractivity contribution >= 4 is 29.1 Å². The number of carbonyl (C=O) groups excluding carboxylic acids is 2. The number of nitrogens with one attached hydrogen (secondary N) is 1. The van der Waals surface area contributed by atoms with Gasteiger partial charge in [-0.2, -0.15) is 4.98 Å². The van der Waals surface area contributed by atoms with Gasteiger partial charge >= 0.3 is 11.9 Å². The molecule has 0 spiro atoms. The number of nitrogens with zero attached hydrogens (tertiary/aromatic N) is 3. The largest absolute Gasteiger partial charge is 0.465 e. The molecule has 9 nitrogen and oxygen atoms in total. The molecule has 124 valence electrons. The standard InChI is InChI=1S/C14H19N5O4/c1-8(20)22-5-10(6-23-9(2)21)3-4-11-12-13(17-7-16-12)19-14(15)18-11/h7,10H,3-6H2,1-2H3,(H3,15,16,17,18,19). The average molecular weight is 321 g/mol. The van der Waals surface area contributed by atoms with Gasteiger partial charge in [-0.15, -0.1) is 0 Å². The fourth-order valence-electron chi connectivity index (χ4n) is 2.12. The van der Waals surface area contributed by atoms with E-state index in [0.29, 0.717) is 18.5 Å². The van der Waals surface area contributed by atoms with Crippen molar-refractivity contribution in [3.05, 3.63) is 12.0 Å². The maximum atomic E-state index is 11.0. The number of imidazole rings is 1. The predicted octanol–water partition coefficient (Wildman–Crippen LogP) is 0.610. The van der Waals surface area contributed by atoms with Crippen LogP contribution in [0.1, 0.15) is 26.0 Å². The lowest BCUT2D eigenvalue weighted by atomic mass is 10.0. The van der Waals surface area contributed by atoms with Gasteiger partial charge in [0.25, 0.3) is 0 Å². The van der Waals surface area contributed by atoms with Crippen LogP contribution in [0.5, 0.6) is 0 Å². The number of hydrogen-bond acceptors (Lipinski definition) is 8. The summed E-state index contributed by atoms with van der Waals surface area (Å²) in [5, 5.41) is 0. The first-order valence-corrected chi connectivity index (χ1v) is 7.18. The number of esters is 2. The summed E-state index contributed by atoms with van der Waals surface area (Å²) in [6, 6.07) is 0. The highest BCUT2D eigenvalue weighted by Gasteiger charge is 2.16. The molecule has 2 aromatic rings. The van der Waals surface area contributed by atoms with Crippen LogP contribution in [-0.4, -0.2) is 45.1 Å². The second-order valence-corrected chi connectivity index (χ2v) is 5.14. The van der Waals surface area contributed by atoms with Crippen LogP contribution in [0.2, 0.25) is 0 Å². The zero-order valence-electron chi connectivity index (χ0n) is 13.0. The third-order valence-electron chi connectivity index (χ3n) is 3.21. The minimum Gasteiger partial charge on any atom is -0.465 e. The molecule has 0 saturated heterocycles. The van der Waals surface area contributed by atoms with E-state index in [-0.39, 0.29) is 37.0 Å². The third kappa shape index (κ3) is 4.90. The quantitative estimate of drug-likeness (QED) is 0.709. The van der Waals surface area contributed by atoms with Gasteiger partial charge in [-0.1, -0.05) is 0 Å². The Morgan fingerprint density at radius 2 is 1.87 bits per heavy atom. The number of H-pyrrole nitrogens is 1. The van der Waals surface area contributed by atoms with Gasteiger partial charge in [0.05, 0.1) is 25.2 Å². The van der Waals surface area contributed by atoms with E-state index in [1.54, 1.807) is 0 Å². The zero-order valence-corrected chi connectivity index (χ0v) is 13.0. The van der Waals surface area contributed by atoms with Crippen molar-refractivity contribution in [2.45, 2.75) is 26.7 Å². The minimum atomic E-state index is -0.375. The van der Waals surface area contributed by atoms with Crippen LogP contribution in [0.25, 0.3) is 11.2 Å². The molecule has 9 heteroatoms. The number of nitrogens with two attached hydrogens (primary N) is 1. The molecule has 0 unspecified atom stereocenters. The van der Waals surface area contributed by atoms with E-state index >= 15 is 0 Å². The van der Waals surface area contributed by atoms with Crippen molar-refractivity contribution in [1.29, 1.82) is 0 Å². The fraction of sp³-hybridized carbons (Fsp3) is 0.500. The van der Waals surface area contributed by atoms with E-state index in [1.165, 1.54) is 20.2 Å². The third-order valence-corrected chi connectivity index (χ3v) is 3.21. The van der Waals surface area contributed by atoms with E-state index in [4.69, 9.17) is 15.2 Å². The Balaban J connectivity index is 2.04. The molecule has 0 amide bonds. The van der Waals surface area contributed by atoms with Gasteiger partial charge in [0, 0.05) is 19.8 Å². The van der Waals surface area contributed by atoms with Crippen molar-refractivity contribution in [2.24, 2.45) is 5.92 Å². The summed E-state index contributed by atoms with van der Waals surface area (Å²) in [7, 11) is 0. The van der Waals surface area contributed by atoms with E-state index in [1.807, 2.05) is 0 Å². The number of aryl methyl sites for hydroxylation is 1. The number of carbonyl (C=O) groups is 2. The molecular weight excluding hydrogens is 302 g/mol. The van der Waals surface area contributed by atoms with Crippen molar-refractivity contribution < 1.29 is 19.1 Å². The highest BCUT2D eigenvalue weighted by Crippen LogP contribution is 2.17. The summed E-state index contributed by atoms with van der Waals surface area (Å²) in [5.41, 5.74) is 7.62. The Labute approximate surface area is 132 Å². The van der Waals surface area contributed by atoms with Crippen LogP contribution in [-0.2, 0) is 25.5 Å². The van der Waals surface area contributed by atoms with E-state index in [9.17, 15) is 9.59 Å². The lowest BCUT2D eigenvalue weighted by molar-refractivity contribution is -0.146. The first-order chi connectivity index (χ1) is 11.0. The number of rotatable bonds is 7. The molecule has 2 rings (SSSR count). The van der Waals surface area contributed by atoms with Crippen LogP contribution >= 0.6 is 0 Å². The zero-order chi connectivity index (χ0) is 16.8. The summed E-state index contributed by atoms with van der Waals surface area (Å²) >= 11 is 0. The van der Waals surface area contributed by atoms with Crippen molar-refractivity contribution in [3.8, 4) is 0 Å². The molecule has 0 atom stereocenters. The van der Waals surface area contributed by atoms with Gasteiger partial charge in [0.1, 0.15) is 5.52 Å². The summed E-state index contributed by atoms with van der Waals surface area (Å²) in [6.07, 6.45) is 2.68. The molecule has 0 aliphatic heterocycles. The van der Waals surface area contributed by atoms with Crippen LogP contribution in [0.15, 0.2) is 6.33 Å². The molecule has 0 aliphatic rings. The topological polar surface area (TPSA) is 133 Å². The van der Waals surface area contributed by atoms with Crippen molar-refractivity contribution in [1.82, 2.24) is 19.9 Å². The molecule has 3 N–H and O–H groups in total. The van der Waals surface area contributed by atoms with Gasteiger partial charge in [-0.25, -0.2) is 9.97 Å². The van der Waals surface area contributed by atoms with Crippen molar-refractivity contribution in [2.75, 3.05) is 18.9 Å². The first kappa shape index (κ1) is 16.7. The van der Waals surface area contributed by atoms with Gasteiger partial charge < -0.3 is 20.2 Å². The van der Waals surface area contributed by atoms with Crippen LogP contribution in [0.3, 0.4) is 0 Å². The highest BCUT2D eigenvalue weighted by atomic mass is 16.5. The smallest absolute Gasteiger partial charge is 0.302 e. The van der Waals surface area contributed by atoms with Crippen LogP contribution in [0, 0.1) is 5.92 Å². The Bertz CT molecular complexity index is 682. The average Bonchev–Trinajstić information content (AvgIpc) is 2.93. The summed E-state index contributed by atoms with van der Waals surface area (Å²) < 4.78 is 10.0. The van der Waals surface area contributed by atoms with E-state index in [0.717, 1.165) is 11.2 Å². The van der Waals surface area contributed by atoms with Crippen molar-refractivity contribution in [3.63, 3.8) is 0 Å². The van der Waals surface area contributed by atoms with Gasteiger partial charge in [0.2, 0.25) is 5.95 Å². The molecule has 0 saturated carbocycles. The Hall–Kier alpha value is -2.71. The normalized spacial score (nSPS) is 10.9. The summed E-state index contributed by atoms with van der Waals surface area (Å²) in [6.45, 7) is 3.02. The first-order valence-electron chi connectivity index (χ1n) is 7.18. The van der Waals surface area contributed by atoms with Gasteiger partial charge in [-0.3, -0.25) is 9.59 Å². The number of aromatic amines is 1. The van der Waals surface area contributed by atoms with Crippen LogP contribution < -0.4 is 5.73 Å². The van der Waals surface area contributed by atoms with Crippen LogP contribution in [0.4, 0.5) is 5.95 Å². The number of ether oxygens (including phenoxy) is 2. The Kier molecular flexibility index (Phi) is 5.45. The summed E-state index contributed by atoms with van der Waals surface area (Å²) in [4.78, 5) is 37.2. The van der Waals surface area contributed by atoms with E-state index in [2.05, 4.69) is 19.9 Å². The lowest BCUT2D eigenvalue weighted by Gasteiger charge is -2.16. The second-order valence-electron chi connectivity index (χ2n) is 5.14. The maximum absolute atomic E-state index is 11.0. The molecule has 0 aromatic carbocycles. The molecule has 0 aliphatic carbocycles. The number of nitrogen functional groups attached to an aromatic ring is 1. The Morgan fingerprint density at radius 1 is 1.22 bits per heavy atom. The number of fused-ring (bicyclic) bond motifs is 1. The number of hydrogen-bond donors (Lipinski definition) is 2. The maximum Gasteiger partial charge on any atom is 0.302 e. The Morgan fingerprint density at radius 3 is 2.48 bits per heavy atom. The molecule has 2 aromatic heterocycles. The molecule has 23 heavy (non-hydrogen) atoms. The van der Waals surface area contributed by atoms with Gasteiger partial charge in [-0.05, 0) is 12.8 Å². The highest BCUT2D eigenvalue weighted by molar-refractivity contribution is 5.73. The minimum absolute atomic E-state index is 0.128. The van der Waals surface area contributed by atoms with E-state index < -0.39 is 0 Å². The number of aromatic nitrogens is 4. The summed E-state index contributed by atoms with van der Waals surface area (Å²) in [5.74, 6) is -0.729. The lowest BCUT2D eigenvalue weighted by Crippen LogP contribution is -2.20. The molecule has 2 heterocycles. The SMILES string of the molecule is CC(=O)OCC(CCc1nc(N)nc2nc[nH]c12)COC(C)=O. The predicted molar refractivity (Wildman–Crippen MR) is 81.2 cm³/mol. The van der Waals surface area contributed by atoms with Gasteiger partial charge in [0.15, 0.2) is 5.65 Å². The monoisotopic (exact) mass is 321 g/mol. The molecule has 0 bridgehead atoms. The molecular formula is C14H19N5O4. The fourth-order valence-corrected chi connectivity index (χ4v) is 2.12. The molecule has 0 fully saturated rings.